The van der Waals surface area contributed by atoms with Crippen LogP contribution in [0, 0.1) is 11.3 Å². The monoisotopic (exact) mass is 386 g/mol. The van der Waals surface area contributed by atoms with Gasteiger partial charge in [-0.05, 0) is 32.6 Å². The van der Waals surface area contributed by atoms with Crippen LogP contribution in [-0.4, -0.2) is 43.5 Å². The summed E-state index contributed by atoms with van der Waals surface area (Å²) in [4.78, 5) is 49.7. The number of hydrogen-bond acceptors (Lipinski definition) is 7. The van der Waals surface area contributed by atoms with E-state index in [-0.39, 0.29) is 45.5 Å². The number of hydrogen-bond donors (Lipinski definition) is 0. The van der Waals surface area contributed by atoms with E-state index in [2.05, 4.69) is 0 Å². The molecule has 0 radical (unpaired) electrons. The zero-order chi connectivity index (χ0) is 20.9. The Morgan fingerprint density at radius 1 is 0.852 bits per heavy atom. The number of ether oxygens (including phenoxy) is 3. The summed E-state index contributed by atoms with van der Waals surface area (Å²) in [6.45, 7) is 9.30. The fraction of sp³-hybridized carbons (Fsp3) is 0.800. The first-order valence-electron chi connectivity index (χ1n) is 9.84. The molecule has 0 saturated carbocycles. The Kier molecular flexibility index (Phi) is 12.3. The van der Waals surface area contributed by atoms with Gasteiger partial charge < -0.3 is 14.2 Å². The standard InChI is InChI=1S/C20H34O7/c1-6-13-26-18(23)15(5)20(8-3,19(24)27-14-7-2)16(21)11-10-12-17(22)25-9-4/h15H,6-14H2,1-5H3. The van der Waals surface area contributed by atoms with Crippen molar-refractivity contribution in [3.63, 3.8) is 0 Å². The predicted molar refractivity (Wildman–Crippen MR) is 99.9 cm³/mol. The van der Waals surface area contributed by atoms with Gasteiger partial charge in [0, 0.05) is 12.8 Å². The molecule has 0 fully saturated rings. The van der Waals surface area contributed by atoms with E-state index in [1.54, 1.807) is 13.8 Å². The van der Waals surface area contributed by atoms with Crippen molar-refractivity contribution in [3.8, 4) is 0 Å². The van der Waals surface area contributed by atoms with Gasteiger partial charge in [-0.2, -0.15) is 0 Å². The van der Waals surface area contributed by atoms with Gasteiger partial charge in [-0.15, -0.1) is 0 Å². The number of ketones is 1. The molecule has 0 aliphatic heterocycles. The Labute approximate surface area is 162 Å². The molecular formula is C20H34O7. The van der Waals surface area contributed by atoms with Crippen molar-refractivity contribution in [1.82, 2.24) is 0 Å². The molecule has 0 aromatic rings. The van der Waals surface area contributed by atoms with E-state index in [0.29, 0.717) is 12.8 Å². The molecule has 7 heteroatoms. The fourth-order valence-corrected chi connectivity index (χ4v) is 2.88. The molecule has 2 atom stereocenters. The third-order valence-electron chi connectivity index (χ3n) is 4.49. The van der Waals surface area contributed by atoms with Crippen LogP contribution < -0.4 is 0 Å². The van der Waals surface area contributed by atoms with Crippen molar-refractivity contribution in [1.29, 1.82) is 0 Å². The summed E-state index contributed by atoms with van der Waals surface area (Å²) in [5, 5.41) is 0. The lowest BCUT2D eigenvalue weighted by Gasteiger charge is -2.33. The number of carbonyl (C=O) groups excluding carboxylic acids is 4. The van der Waals surface area contributed by atoms with Gasteiger partial charge in [-0.1, -0.05) is 27.7 Å². The smallest absolute Gasteiger partial charge is 0.320 e. The van der Waals surface area contributed by atoms with Crippen LogP contribution in [0.5, 0.6) is 0 Å². The van der Waals surface area contributed by atoms with Crippen LogP contribution in [0.15, 0.2) is 0 Å². The van der Waals surface area contributed by atoms with Gasteiger partial charge in [0.05, 0.1) is 25.7 Å². The normalized spacial score (nSPS) is 14.0. The van der Waals surface area contributed by atoms with Crippen LogP contribution in [0.1, 0.15) is 73.1 Å². The first-order valence-corrected chi connectivity index (χ1v) is 9.84. The Balaban J connectivity index is 5.41. The van der Waals surface area contributed by atoms with Crippen LogP contribution >= 0.6 is 0 Å². The lowest BCUT2D eigenvalue weighted by atomic mass is 9.69. The molecule has 0 aliphatic carbocycles. The molecule has 0 aromatic heterocycles. The first-order chi connectivity index (χ1) is 12.8. The van der Waals surface area contributed by atoms with Crippen LogP contribution in [-0.2, 0) is 33.4 Å². The maximum atomic E-state index is 13.0. The molecule has 0 rings (SSSR count). The molecule has 0 aliphatic rings. The largest absolute Gasteiger partial charge is 0.466 e. The molecular weight excluding hydrogens is 352 g/mol. The van der Waals surface area contributed by atoms with Crippen LogP contribution in [0.4, 0.5) is 0 Å². The Hall–Kier alpha value is -1.92. The van der Waals surface area contributed by atoms with E-state index in [0.717, 1.165) is 0 Å². The minimum absolute atomic E-state index is 0.0146. The molecule has 0 bridgehead atoms. The van der Waals surface area contributed by atoms with Gasteiger partial charge in [0.2, 0.25) is 0 Å². The molecule has 0 N–H and O–H groups in total. The topological polar surface area (TPSA) is 96.0 Å². The van der Waals surface area contributed by atoms with Gasteiger partial charge in [-0.3, -0.25) is 19.2 Å². The fourth-order valence-electron chi connectivity index (χ4n) is 2.88. The van der Waals surface area contributed by atoms with Crippen molar-refractivity contribution in [3.05, 3.63) is 0 Å². The summed E-state index contributed by atoms with van der Waals surface area (Å²) in [6.07, 6.45) is 1.69. The first kappa shape index (κ1) is 25.1. The number of esters is 3. The molecule has 0 heterocycles. The summed E-state index contributed by atoms with van der Waals surface area (Å²) in [5.74, 6) is -3.05. The van der Waals surface area contributed by atoms with E-state index >= 15 is 0 Å². The van der Waals surface area contributed by atoms with E-state index in [4.69, 9.17) is 14.2 Å². The highest BCUT2D eigenvalue weighted by molar-refractivity contribution is 6.07. The van der Waals surface area contributed by atoms with Gasteiger partial charge in [0.15, 0.2) is 5.78 Å². The summed E-state index contributed by atoms with van der Waals surface area (Å²) in [7, 11) is 0. The second-order valence-corrected chi connectivity index (χ2v) is 6.43. The number of carbonyl (C=O) groups is 4. The quantitative estimate of drug-likeness (QED) is 0.257. The maximum Gasteiger partial charge on any atom is 0.320 e. The van der Waals surface area contributed by atoms with Crippen molar-refractivity contribution >= 4 is 23.7 Å². The highest BCUT2D eigenvalue weighted by atomic mass is 16.5. The van der Waals surface area contributed by atoms with Crippen LogP contribution in [0.2, 0.25) is 0 Å². The van der Waals surface area contributed by atoms with E-state index in [1.807, 2.05) is 13.8 Å². The maximum absolute atomic E-state index is 13.0. The van der Waals surface area contributed by atoms with Gasteiger partial charge >= 0.3 is 17.9 Å². The number of rotatable bonds is 14. The third kappa shape index (κ3) is 7.31. The van der Waals surface area contributed by atoms with E-state index in [9.17, 15) is 19.2 Å². The Bertz CT molecular complexity index is 501. The Morgan fingerprint density at radius 3 is 1.96 bits per heavy atom. The van der Waals surface area contributed by atoms with E-state index < -0.39 is 35.0 Å². The van der Waals surface area contributed by atoms with Crippen LogP contribution in [0.25, 0.3) is 0 Å². The molecule has 0 aromatic carbocycles. The molecule has 0 saturated heterocycles. The average molecular weight is 386 g/mol. The lowest BCUT2D eigenvalue weighted by molar-refractivity contribution is -0.173. The SMILES string of the molecule is CCCOC(=O)C(C)C(CC)(C(=O)CCCC(=O)OCC)C(=O)OCCC. The molecule has 2 unspecified atom stereocenters. The molecule has 7 nitrogen and oxygen atoms in total. The van der Waals surface area contributed by atoms with E-state index in [1.165, 1.54) is 6.92 Å². The lowest BCUT2D eigenvalue weighted by Crippen LogP contribution is -2.48. The summed E-state index contributed by atoms with van der Waals surface area (Å²) in [5.41, 5.74) is -1.60. The van der Waals surface area contributed by atoms with Crippen molar-refractivity contribution in [2.24, 2.45) is 11.3 Å². The second kappa shape index (κ2) is 13.3. The molecule has 0 spiro atoms. The molecule has 27 heavy (non-hydrogen) atoms. The van der Waals surface area contributed by atoms with Crippen LogP contribution in [0.3, 0.4) is 0 Å². The highest BCUT2D eigenvalue weighted by Crippen LogP contribution is 2.37. The third-order valence-corrected chi connectivity index (χ3v) is 4.49. The van der Waals surface area contributed by atoms with Gasteiger partial charge in [0.25, 0.3) is 0 Å². The average Bonchev–Trinajstić information content (AvgIpc) is 2.65. The summed E-state index contributed by atoms with van der Waals surface area (Å²) < 4.78 is 15.3. The highest BCUT2D eigenvalue weighted by Gasteiger charge is 2.52. The molecule has 156 valence electrons. The second-order valence-electron chi connectivity index (χ2n) is 6.43. The van der Waals surface area contributed by atoms with Gasteiger partial charge in [-0.25, -0.2) is 0 Å². The van der Waals surface area contributed by atoms with Gasteiger partial charge in [0.1, 0.15) is 5.41 Å². The van der Waals surface area contributed by atoms with Crippen molar-refractivity contribution < 1.29 is 33.4 Å². The zero-order valence-electron chi connectivity index (χ0n) is 17.3. The summed E-state index contributed by atoms with van der Waals surface area (Å²) in [6, 6.07) is 0. The predicted octanol–water partition coefficient (Wildman–Crippen LogP) is 3.23. The number of Topliss-reactive ketones (excluding diaryl/α,β-unsaturated/α-hetero) is 1. The zero-order valence-corrected chi connectivity index (χ0v) is 17.3. The van der Waals surface area contributed by atoms with Crippen molar-refractivity contribution in [2.45, 2.75) is 73.1 Å². The molecule has 0 amide bonds. The summed E-state index contributed by atoms with van der Waals surface area (Å²) >= 11 is 0. The minimum atomic E-state index is -1.60. The van der Waals surface area contributed by atoms with Crippen molar-refractivity contribution in [2.75, 3.05) is 19.8 Å². The Morgan fingerprint density at radius 2 is 1.44 bits per heavy atom. The minimum Gasteiger partial charge on any atom is -0.466 e.